The Hall–Kier alpha value is -0.230. The first-order valence-corrected chi connectivity index (χ1v) is 2.09. The van der Waals surface area contributed by atoms with Crippen LogP contribution in [-0.2, 0) is 0 Å². The van der Waals surface area contributed by atoms with Crippen LogP contribution in [0.3, 0.4) is 0 Å². The molecular weight excluding hydrogens is 95.5 g/mol. The molecule has 0 saturated heterocycles. The average Bonchev–Trinajstić information content (AvgIpc) is 1.35. The minimum atomic E-state index is 0.644. The maximum absolute atomic E-state index is 5.31. The van der Waals surface area contributed by atoms with Gasteiger partial charge in [0.05, 0.1) is 0 Å². The molecule has 0 bridgehead atoms. The number of allylic oxidation sites excluding steroid dienone is 2. The molecule has 1 heteroatoms. The Morgan fingerprint density at radius 1 is 1.83 bits per heavy atom. The third-order valence-corrected chi connectivity index (χ3v) is 0.520. The zero-order chi connectivity index (χ0) is 4.99. The molecule has 0 spiro atoms. The van der Waals surface area contributed by atoms with Crippen LogP contribution >= 0.6 is 11.6 Å². The second-order valence-electron chi connectivity index (χ2n) is 1.01. The van der Waals surface area contributed by atoms with E-state index in [2.05, 4.69) is 13.2 Å². The third-order valence-electron chi connectivity index (χ3n) is 0.366. The van der Waals surface area contributed by atoms with Gasteiger partial charge in [0, 0.05) is 11.5 Å². The molecule has 0 atom stereocenters. The topological polar surface area (TPSA) is 0 Å². The Labute approximate surface area is 43.1 Å². The average molecular weight is 103 g/mol. The van der Waals surface area contributed by atoms with E-state index in [1.54, 1.807) is 6.08 Å². The van der Waals surface area contributed by atoms with Gasteiger partial charge in [-0.05, 0) is 0 Å². The molecular formula is C5H7Cl. The third kappa shape index (κ3) is 3.77. The van der Waals surface area contributed by atoms with E-state index in [0.717, 1.165) is 0 Å². The molecule has 34 valence electrons. The van der Waals surface area contributed by atoms with Crippen molar-refractivity contribution < 1.29 is 0 Å². The smallest absolute Gasteiger partial charge is 0.0146 e. The molecule has 0 aliphatic rings. The second-order valence-corrected chi connectivity index (χ2v) is 1.54. The molecule has 0 rings (SSSR count). The fourth-order valence-corrected chi connectivity index (χ4v) is 0.266. The van der Waals surface area contributed by atoms with Crippen molar-refractivity contribution in [2.45, 2.75) is 6.42 Å². The predicted octanol–water partition coefficient (Wildman–Crippen LogP) is 2.32. The van der Waals surface area contributed by atoms with Gasteiger partial charge in [-0.25, -0.2) is 0 Å². The van der Waals surface area contributed by atoms with Gasteiger partial charge in [0.2, 0.25) is 0 Å². The van der Waals surface area contributed by atoms with Crippen LogP contribution in [0.5, 0.6) is 0 Å². The zero-order valence-electron chi connectivity index (χ0n) is 3.58. The fraction of sp³-hybridized carbons (Fsp3) is 0.200. The van der Waals surface area contributed by atoms with Gasteiger partial charge < -0.3 is 0 Å². The zero-order valence-corrected chi connectivity index (χ0v) is 4.33. The lowest BCUT2D eigenvalue weighted by molar-refractivity contribution is 1.38. The Kier molecular flexibility index (Phi) is 2.87. The second kappa shape index (κ2) is 2.98. The van der Waals surface area contributed by atoms with E-state index in [9.17, 15) is 0 Å². The first-order valence-electron chi connectivity index (χ1n) is 1.71. The summed E-state index contributed by atoms with van der Waals surface area (Å²) in [7, 11) is 0. The van der Waals surface area contributed by atoms with Gasteiger partial charge in [0.25, 0.3) is 0 Å². The largest absolute Gasteiger partial charge is 0.103 e. The van der Waals surface area contributed by atoms with Crippen LogP contribution in [0.1, 0.15) is 6.42 Å². The van der Waals surface area contributed by atoms with Crippen LogP contribution in [0.15, 0.2) is 24.3 Å². The molecule has 0 heterocycles. The Bertz CT molecular complexity index is 64.3. The van der Waals surface area contributed by atoms with Crippen molar-refractivity contribution in [1.29, 1.82) is 0 Å². The van der Waals surface area contributed by atoms with Gasteiger partial charge in [-0.15, -0.1) is 6.58 Å². The summed E-state index contributed by atoms with van der Waals surface area (Å²) in [6, 6.07) is 0. The first kappa shape index (κ1) is 5.77. The molecule has 0 unspecified atom stereocenters. The van der Waals surface area contributed by atoms with E-state index in [0.29, 0.717) is 11.5 Å². The normalized spacial score (nSPS) is 7.50. The molecule has 0 aromatic rings. The van der Waals surface area contributed by atoms with Crippen molar-refractivity contribution in [2.24, 2.45) is 0 Å². The summed E-state index contributed by atoms with van der Waals surface area (Å²) >= 11 is 5.31. The summed E-state index contributed by atoms with van der Waals surface area (Å²) in [5.74, 6) is 0. The molecule has 0 aromatic carbocycles. The van der Waals surface area contributed by atoms with Gasteiger partial charge in [0.1, 0.15) is 0 Å². The lowest BCUT2D eigenvalue weighted by atomic mass is 10.4. The minimum Gasteiger partial charge on any atom is -0.103 e. The Morgan fingerprint density at radius 2 is 2.33 bits per heavy atom. The van der Waals surface area contributed by atoms with Crippen LogP contribution in [0.2, 0.25) is 0 Å². The predicted molar refractivity (Wildman–Crippen MR) is 29.8 cm³/mol. The van der Waals surface area contributed by atoms with Crippen LogP contribution in [0, 0.1) is 0 Å². The summed E-state index contributed by atoms with van der Waals surface area (Å²) in [5, 5.41) is 0.644. The van der Waals surface area contributed by atoms with E-state index in [4.69, 9.17) is 11.6 Å². The highest BCUT2D eigenvalue weighted by molar-refractivity contribution is 6.29. The van der Waals surface area contributed by atoms with Gasteiger partial charge in [-0.2, -0.15) is 0 Å². The maximum atomic E-state index is 5.31. The quantitative estimate of drug-likeness (QED) is 0.470. The van der Waals surface area contributed by atoms with Crippen molar-refractivity contribution in [3.05, 3.63) is 24.3 Å². The summed E-state index contributed by atoms with van der Waals surface area (Å²) in [4.78, 5) is 0. The van der Waals surface area contributed by atoms with E-state index in [-0.39, 0.29) is 0 Å². The first-order chi connectivity index (χ1) is 2.77. The van der Waals surface area contributed by atoms with Gasteiger partial charge in [0.15, 0.2) is 0 Å². The van der Waals surface area contributed by atoms with E-state index in [1.807, 2.05) is 0 Å². The van der Waals surface area contributed by atoms with E-state index in [1.165, 1.54) is 0 Å². The standard InChI is InChI=1S/C5H7Cl/c1-3-4-5(2)6/h3H,1-2,4H2. The van der Waals surface area contributed by atoms with Crippen LogP contribution < -0.4 is 0 Å². The van der Waals surface area contributed by atoms with Gasteiger partial charge >= 0.3 is 0 Å². The number of hydrogen-bond acceptors (Lipinski definition) is 0. The molecule has 0 saturated carbocycles. The molecule has 0 nitrogen and oxygen atoms in total. The molecule has 0 radical (unpaired) electrons. The molecule has 0 N–H and O–H groups in total. The van der Waals surface area contributed by atoms with Crippen molar-refractivity contribution >= 4 is 11.6 Å². The number of rotatable bonds is 2. The highest BCUT2D eigenvalue weighted by atomic mass is 35.5. The molecule has 0 aromatic heterocycles. The SMILES string of the molecule is C=CCC(=C)Cl. The van der Waals surface area contributed by atoms with Gasteiger partial charge in [-0.1, -0.05) is 24.3 Å². The molecule has 0 aliphatic carbocycles. The highest BCUT2D eigenvalue weighted by Gasteiger charge is 1.74. The monoisotopic (exact) mass is 102 g/mol. The summed E-state index contributed by atoms with van der Waals surface area (Å²) in [6.07, 6.45) is 2.43. The Balaban J connectivity index is 3.05. The lowest BCUT2D eigenvalue weighted by Gasteiger charge is -1.79. The van der Waals surface area contributed by atoms with Crippen molar-refractivity contribution in [1.82, 2.24) is 0 Å². The molecule has 0 fully saturated rings. The summed E-state index contributed by atoms with van der Waals surface area (Å²) < 4.78 is 0. The minimum absolute atomic E-state index is 0.644. The van der Waals surface area contributed by atoms with Crippen molar-refractivity contribution in [3.63, 3.8) is 0 Å². The van der Waals surface area contributed by atoms with Crippen LogP contribution in [-0.4, -0.2) is 0 Å². The van der Waals surface area contributed by atoms with Crippen molar-refractivity contribution in [2.75, 3.05) is 0 Å². The summed E-state index contributed by atoms with van der Waals surface area (Å²) in [6.45, 7) is 6.89. The number of hydrogen-bond donors (Lipinski definition) is 0. The summed E-state index contributed by atoms with van der Waals surface area (Å²) in [5.41, 5.74) is 0. The van der Waals surface area contributed by atoms with E-state index >= 15 is 0 Å². The lowest BCUT2D eigenvalue weighted by Crippen LogP contribution is -1.57. The molecule has 0 aliphatic heterocycles. The highest BCUT2D eigenvalue weighted by Crippen LogP contribution is 2.01. The van der Waals surface area contributed by atoms with Gasteiger partial charge in [-0.3, -0.25) is 0 Å². The van der Waals surface area contributed by atoms with Crippen LogP contribution in [0.25, 0.3) is 0 Å². The molecule has 0 amide bonds. The fourth-order valence-electron chi connectivity index (χ4n) is 0.157. The van der Waals surface area contributed by atoms with Crippen LogP contribution in [0.4, 0.5) is 0 Å². The maximum Gasteiger partial charge on any atom is 0.0146 e. The number of halogens is 1. The molecule has 6 heavy (non-hydrogen) atoms. The van der Waals surface area contributed by atoms with Crippen molar-refractivity contribution in [3.8, 4) is 0 Å². The van der Waals surface area contributed by atoms with E-state index < -0.39 is 0 Å². The Morgan fingerprint density at radius 3 is 2.33 bits per heavy atom.